The lowest BCUT2D eigenvalue weighted by molar-refractivity contribution is 0.145. The predicted molar refractivity (Wildman–Crippen MR) is 130 cm³/mol. The first-order valence-corrected chi connectivity index (χ1v) is 10.9. The third-order valence-corrected chi connectivity index (χ3v) is 5.66. The number of halogens is 1. The molecule has 7 nitrogen and oxygen atoms in total. The number of aromatic nitrogens is 3. The first kappa shape index (κ1) is 26.1. The van der Waals surface area contributed by atoms with Gasteiger partial charge in [0, 0.05) is 33.4 Å². The molecular weight excluding hydrogens is 479 g/mol. The van der Waals surface area contributed by atoms with Crippen LogP contribution in [0.4, 0.5) is 0 Å². The van der Waals surface area contributed by atoms with Gasteiger partial charge in [0.2, 0.25) is 0 Å². The topological polar surface area (TPSA) is 76.4 Å². The molecule has 0 radical (unpaired) electrons. The minimum Gasteiger partial charge on any atom is -0.382 e. The van der Waals surface area contributed by atoms with Crippen molar-refractivity contribution in [2.45, 2.75) is 72.8 Å². The number of rotatable bonds is 11. The van der Waals surface area contributed by atoms with Crippen molar-refractivity contribution in [3.8, 4) is 0 Å². The van der Waals surface area contributed by atoms with Crippen LogP contribution in [0.1, 0.15) is 70.9 Å². The Kier molecular flexibility index (Phi) is 12.1. The van der Waals surface area contributed by atoms with Crippen molar-refractivity contribution in [2.24, 2.45) is 23.4 Å². The van der Waals surface area contributed by atoms with Crippen LogP contribution in [0.5, 0.6) is 0 Å². The third-order valence-electron chi connectivity index (χ3n) is 5.66. The molecule has 0 amide bonds. The van der Waals surface area contributed by atoms with E-state index in [9.17, 15) is 0 Å². The van der Waals surface area contributed by atoms with Crippen molar-refractivity contribution in [1.29, 1.82) is 0 Å². The van der Waals surface area contributed by atoms with Crippen LogP contribution in [-0.2, 0) is 18.3 Å². The number of hydrogen-bond acceptors (Lipinski definition) is 4. The molecule has 1 aromatic heterocycles. The fourth-order valence-electron chi connectivity index (χ4n) is 4.15. The molecule has 0 bridgehead atoms. The average molecular weight is 521 g/mol. The third kappa shape index (κ3) is 8.78. The van der Waals surface area contributed by atoms with Gasteiger partial charge in [-0.3, -0.25) is 0 Å². The molecular formula is C21H41IN6O. The predicted octanol–water partition coefficient (Wildman–Crippen LogP) is 3.81. The Hall–Kier alpha value is -0.900. The van der Waals surface area contributed by atoms with Crippen LogP contribution in [0.15, 0.2) is 4.99 Å². The second kappa shape index (κ2) is 13.4. The molecule has 0 unspecified atom stereocenters. The normalized spacial score (nSPS) is 16.1. The largest absolute Gasteiger partial charge is 0.382 e. The molecule has 0 spiro atoms. The molecule has 2 rings (SSSR count). The van der Waals surface area contributed by atoms with Gasteiger partial charge >= 0.3 is 0 Å². The summed E-state index contributed by atoms with van der Waals surface area (Å²) in [5.41, 5.74) is 0.406. The monoisotopic (exact) mass is 520 g/mol. The highest BCUT2D eigenvalue weighted by Crippen LogP contribution is 2.42. The Morgan fingerprint density at radius 2 is 1.97 bits per heavy atom. The molecule has 1 aliphatic carbocycles. The molecule has 0 aliphatic heterocycles. The molecule has 8 heteroatoms. The van der Waals surface area contributed by atoms with Crippen LogP contribution in [0.3, 0.4) is 0 Å². The molecule has 2 N–H and O–H groups in total. The highest BCUT2D eigenvalue weighted by Gasteiger charge is 2.34. The van der Waals surface area contributed by atoms with E-state index in [0.717, 1.165) is 56.3 Å². The number of nitrogens with one attached hydrogen (secondary N) is 2. The lowest BCUT2D eigenvalue weighted by atomic mass is 9.78. The molecule has 1 aromatic rings. The first-order valence-electron chi connectivity index (χ1n) is 10.9. The molecule has 1 heterocycles. The Morgan fingerprint density at radius 1 is 1.24 bits per heavy atom. The van der Waals surface area contributed by atoms with E-state index < -0.39 is 0 Å². The zero-order valence-electron chi connectivity index (χ0n) is 19.0. The van der Waals surface area contributed by atoms with Crippen LogP contribution >= 0.6 is 24.0 Å². The maximum atomic E-state index is 5.44. The summed E-state index contributed by atoms with van der Waals surface area (Å²) in [6, 6.07) is 0. The number of aliphatic imine (C=N–C) groups is 1. The number of nitrogens with zero attached hydrogens (tertiary/aromatic N) is 4. The summed E-state index contributed by atoms with van der Waals surface area (Å²) >= 11 is 0. The number of ether oxygens (including phenoxy) is 1. The summed E-state index contributed by atoms with van der Waals surface area (Å²) in [5.74, 6) is 3.38. The Labute approximate surface area is 193 Å². The summed E-state index contributed by atoms with van der Waals surface area (Å²) in [4.78, 5) is 4.79. The zero-order valence-corrected chi connectivity index (χ0v) is 21.3. The average Bonchev–Trinajstić information content (AvgIpc) is 3.24. The SMILES string of the molecule is CCOCCCNC(=NCc1nnc(C)n1C)NCC1(CC(C)C)CCCC1.I. The van der Waals surface area contributed by atoms with Crippen LogP contribution in [0, 0.1) is 18.3 Å². The van der Waals surface area contributed by atoms with Crippen LogP contribution in [0.2, 0.25) is 0 Å². The second-order valence-electron chi connectivity index (χ2n) is 8.52. The van der Waals surface area contributed by atoms with Gasteiger partial charge in [-0.2, -0.15) is 0 Å². The Bertz CT molecular complexity index is 610. The maximum absolute atomic E-state index is 5.44. The van der Waals surface area contributed by atoms with Gasteiger partial charge in [-0.05, 0) is 50.9 Å². The second-order valence-corrected chi connectivity index (χ2v) is 8.52. The van der Waals surface area contributed by atoms with E-state index in [1.165, 1.54) is 32.1 Å². The van der Waals surface area contributed by atoms with E-state index in [1.807, 2.05) is 25.5 Å². The zero-order chi connectivity index (χ0) is 20.4. The van der Waals surface area contributed by atoms with Crippen LogP contribution < -0.4 is 10.6 Å². The lowest BCUT2D eigenvalue weighted by Gasteiger charge is -2.32. The maximum Gasteiger partial charge on any atom is 0.191 e. The Balaban J connectivity index is 0.00000420. The van der Waals surface area contributed by atoms with Gasteiger partial charge in [-0.1, -0.05) is 26.7 Å². The van der Waals surface area contributed by atoms with Crippen LogP contribution in [0.25, 0.3) is 0 Å². The lowest BCUT2D eigenvalue weighted by Crippen LogP contribution is -2.44. The van der Waals surface area contributed by atoms with E-state index >= 15 is 0 Å². The summed E-state index contributed by atoms with van der Waals surface area (Å²) < 4.78 is 7.44. The standard InChI is InChI=1S/C21H40N6O.HI/c1-6-28-13-9-12-22-20(23-15-19-26-25-18(4)27(19)5)24-16-21(14-17(2)3)10-7-8-11-21;/h17H,6-16H2,1-5H3,(H2,22,23,24);1H. The van der Waals surface area contributed by atoms with Gasteiger partial charge in [-0.25, -0.2) is 4.99 Å². The van der Waals surface area contributed by atoms with Gasteiger partial charge in [0.25, 0.3) is 0 Å². The van der Waals surface area contributed by atoms with Crippen molar-refractivity contribution in [3.63, 3.8) is 0 Å². The van der Waals surface area contributed by atoms with E-state index in [-0.39, 0.29) is 24.0 Å². The number of hydrogen-bond donors (Lipinski definition) is 2. The summed E-state index contributed by atoms with van der Waals surface area (Å²) in [5, 5.41) is 15.5. The fraction of sp³-hybridized carbons (Fsp3) is 0.857. The van der Waals surface area contributed by atoms with E-state index in [0.29, 0.717) is 12.0 Å². The van der Waals surface area contributed by atoms with Crippen molar-refractivity contribution >= 4 is 29.9 Å². The van der Waals surface area contributed by atoms with Gasteiger partial charge in [0.15, 0.2) is 11.8 Å². The molecule has 0 saturated heterocycles. The highest BCUT2D eigenvalue weighted by molar-refractivity contribution is 14.0. The van der Waals surface area contributed by atoms with Crippen molar-refractivity contribution in [1.82, 2.24) is 25.4 Å². The Morgan fingerprint density at radius 3 is 2.55 bits per heavy atom. The minimum atomic E-state index is 0. The van der Waals surface area contributed by atoms with Crippen molar-refractivity contribution in [3.05, 3.63) is 11.6 Å². The quantitative estimate of drug-likeness (QED) is 0.201. The molecule has 29 heavy (non-hydrogen) atoms. The number of aryl methyl sites for hydroxylation is 1. The summed E-state index contributed by atoms with van der Waals surface area (Å²) in [6.07, 6.45) is 7.58. The molecule has 0 atom stereocenters. The minimum absolute atomic E-state index is 0. The van der Waals surface area contributed by atoms with Gasteiger partial charge in [0.1, 0.15) is 12.4 Å². The highest BCUT2D eigenvalue weighted by atomic mass is 127. The van der Waals surface area contributed by atoms with E-state index in [1.54, 1.807) is 0 Å². The molecule has 1 saturated carbocycles. The van der Waals surface area contributed by atoms with Gasteiger partial charge in [-0.15, -0.1) is 34.2 Å². The van der Waals surface area contributed by atoms with Gasteiger partial charge in [0.05, 0.1) is 0 Å². The first-order chi connectivity index (χ1) is 13.5. The molecule has 0 aromatic carbocycles. The molecule has 1 aliphatic rings. The summed E-state index contributed by atoms with van der Waals surface area (Å²) in [7, 11) is 1.99. The number of guanidine groups is 1. The van der Waals surface area contributed by atoms with E-state index in [4.69, 9.17) is 9.73 Å². The van der Waals surface area contributed by atoms with Crippen molar-refractivity contribution in [2.75, 3.05) is 26.3 Å². The molecule has 168 valence electrons. The smallest absolute Gasteiger partial charge is 0.191 e. The van der Waals surface area contributed by atoms with E-state index in [2.05, 4.69) is 34.7 Å². The van der Waals surface area contributed by atoms with Crippen LogP contribution in [-0.4, -0.2) is 47.0 Å². The van der Waals surface area contributed by atoms with Gasteiger partial charge < -0.3 is 19.9 Å². The molecule has 1 fully saturated rings. The van der Waals surface area contributed by atoms with Crippen molar-refractivity contribution < 1.29 is 4.74 Å². The summed E-state index contributed by atoms with van der Waals surface area (Å²) in [6.45, 7) is 12.5. The fourth-order valence-corrected chi connectivity index (χ4v) is 4.15.